The highest BCUT2D eigenvalue weighted by molar-refractivity contribution is 6.29. The molecule has 0 N–H and O–H groups in total. The number of pyridine rings is 1. The molecule has 2 aromatic rings. The summed E-state index contributed by atoms with van der Waals surface area (Å²) in [5.41, 5.74) is 3.99. The van der Waals surface area contributed by atoms with Crippen molar-refractivity contribution in [3.05, 3.63) is 63.9 Å². The first-order valence-corrected chi connectivity index (χ1v) is 6.15. The monoisotopic (exact) mass is 259 g/mol. The molecule has 0 spiro atoms. The Labute approximate surface area is 112 Å². The molecule has 0 aliphatic heterocycles. The van der Waals surface area contributed by atoms with Crippen molar-refractivity contribution in [2.45, 2.75) is 20.3 Å². The quantitative estimate of drug-likeness (QED) is 0.620. The Bertz CT molecular complexity index is 573. The number of aromatic nitrogens is 1. The van der Waals surface area contributed by atoms with E-state index in [9.17, 15) is 4.79 Å². The average Bonchev–Trinajstić information content (AvgIpc) is 2.34. The maximum absolute atomic E-state index is 12.2. The van der Waals surface area contributed by atoms with Crippen molar-refractivity contribution in [2.75, 3.05) is 0 Å². The van der Waals surface area contributed by atoms with E-state index in [1.54, 1.807) is 18.3 Å². The zero-order valence-electron chi connectivity index (χ0n) is 10.4. The van der Waals surface area contributed by atoms with Crippen LogP contribution in [0.1, 0.15) is 27.0 Å². The molecule has 2 nitrogen and oxygen atoms in total. The number of halogens is 1. The fourth-order valence-corrected chi connectivity index (χ4v) is 2.14. The third-order valence-corrected chi connectivity index (χ3v) is 3.24. The summed E-state index contributed by atoms with van der Waals surface area (Å²) in [7, 11) is 0. The summed E-state index contributed by atoms with van der Waals surface area (Å²) in [4.78, 5) is 16.1. The lowest BCUT2D eigenvalue weighted by molar-refractivity contribution is 0.0992. The van der Waals surface area contributed by atoms with Gasteiger partial charge in [0.05, 0.1) is 0 Å². The van der Waals surface area contributed by atoms with Crippen molar-refractivity contribution in [3.63, 3.8) is 0 Å². The van der Waals surface area contributed by atoms with Gasteiger partial charge in [-0.15, -0.1) is 0 Å². The Kier molecular flexibility index (Phi) is 3.78. The molecule has 0 aliphatic rings. The minimum atomic E-state index is 0.0664. The Hall–Kier alpha value is -1.67. The number of aryl methyl sites for hydroxylation is 2. The molecule has 0 amide bonds. The molecule has 18 heavy (non-hydrogen) atoms. The van der Waals surface area contributed by atoms with Crippen molar-refractivity contribution in [1.82, 2.24) is 4.98 Å². The fourth-order valence-electron chi connectivity index (χ4n) is 1.97. The number of hydrogen-bond donors (Lipinski definition) is 0. The second-order valence-corrected chi connectivity index (χ2v) is 4.72. The van der Waals surface area contributed by atoms with E-state index in [0.717, 1.165) is 16.7 Å². The highest BCUT2D eigenvalue weighted by Gasteiger charge is 2.11. The standard InChI is InChI=1S/C15H14ClNO/c1-10-4-3-5-11(2)13(10)9-14(18)12-6-7-17-15(16)8-12/h3-8H,9H2,1-2H3. The first-order valence-electron chi connectivity index (χ1n) is 5.78. The van der Waals surface area contributed by atoms with Gasteiger partial charge in [0.15, 0.2) is 5.78 Å². The van der Waals surface area contributed by atoms with Crippen molar-refractivity contribution in [2.24, 2.45) is 0 Å². The van der Waals surface area contributed by atoms with Crippen LogP contribution in [-0.2, 0) is 6.42 Å². The highest BCUT2D eigenvalue weighted by atomic mass is 35.5. The van der Waals surface area contributed by atoms with E-state index >= 15 is 0 Å². The van der Waals surface area contributed by atoms with Gasteiger partial charge >= 0.3 is 0 Å². The van der Waals surface area contributed by atoms with Gasteiger partial charge in [-0.3, -0.25) is 4.79 Å². The van der Waals surface area contributed by atoms with Crippen molar-refractivity contribution >= 4 is 17.4 Å². The van der Waals surface area contributed by atoms with Crippen molar-refractivity contribution < 1.29 is 4.79 Å². The molecule has 1 aromatic heterocycles. The maximum atomic E-state index is 12.2. The van der Waals surface area contributed by atoms with Crippen LogP contribution in [0.15, 0.2) is 36.5 Å². The zero-order valence-corrected chi connectivity index (χ0v) is 11.2. The lowest BCUT2D eigenvalue weighted by Crippen LogP contribution is -2.06. The van der Waals surface area contributed by atoms with Gasteiger partial charge in [0.1, 0.15) is 5.15 Å². The van der Waals surface area contributed by atoms with Crippen LogP contribution in [0.3, 0.4) is 0 Å². The summed E-state index contributed by atoms with van der Waals surface area (Å²) in [6.07, 6.45) is 1.96. The van der Waals surface area contributed by atoms with Gasteiger partial charge in [-0.2, -0.15) is 0 Å². The Morgan fingerprint density at radius 3 is 2.50 bits per heavy atom. The summed E-state index contributed by atoms with van der Waals surface area (Å²) in [5.74, 6) is 0.0664. The van der Waals surface area contributed by atoms with E-state index in [0.29, 0.717) is 17.1 Å². The smallest absolute Gasteiger partial charge is 0.167 e. The van der Waals surface area contributed by atoms with Crippen molar-refractivity contribution in [3.8, 4) is 0 Å². The van der Waals surface area contributed by atoms with Gasteiger partial charge in [-0.05, 0) is 42.7 Å². The molecule has 2 rings (SSSR count). The molecule has 0 saturated carbocycles. The largest absolute Gasteiger partial charge is 0.294 e. The minimum absolute atomic E-state index is 0.0664. The number of nitrogens with zero attached hydrogens (tertiary/aromatic N) is 1. The topological polar surface area (TPSA) is 30.0 Å². The van der Waals surface area contributed by atoms with Crippen LogP contribution in [0.25, 0.3) is 0 Å². The first kappa shape index (κ1) is 12.8. The van der Waals surface area contributed by atoms with Gasteiger partial charge in [-0.1, -0.05) is 29.8 Å². The third-order valence-electron chi connectivity index (χ3n) is 3.03. The number of hydrogen-bond acceptors (Lipinski definition) is 2. The molecule has 0 fully saturated rings. The maximum Gasteiger partial charge on any atom is 0.167 e. The molecular formula is C15H14ClNO. The molecule has 1 aromatic carbocycles. The predicted octanol–water partition coefficient (Wildman–Crippen LogP) is 3.78. The Morgan fingerprint density at radius 2 is 1.89 bits per heavy atom. The third kappa shape index (κ3) is 2.77. The molecule has 3 heteroatoms. The van der Waals surface area contributed by atoms with E-state index in [1.807, 2.05) is 32.0 Å². The molecule has 0 radical (unpaired) electrons. The summed E-state index contributed by atoms with van der Waals surface area (Å²) >= 11 is 5.79. The van der Waals surface area contributed by atoms with Crippen molar-refractivity contribution in [1.29, 1.82) is 0 Å². The van der Waals surface area contributed by atoms with E-state index < -0.39 is 0 Å². The van der Waals surface area contributed by atoms with E-state index in [4.69, 9.17) is 11.6 Å². The molecule has 0 unspecified atom stereocenters. The number of carbonyl (C=O) groups excluding carboxylic acids is 1. The average molecular weight is 260 g/mol. The number of ketones is 1. The molecule has 0 aliphatic carbocycles. The molecule has 0 saturated heterocycles. The van der Waals surface area contributed by atoms with Crippen LogP contribution >= 0.6 is 11.6 Å². The summed E-state index contributed by atoms with van der Waals surface area (Å²) < 4.78 is 0. The van der Waals surface area contributed by atoms with E-state index in [-0.39, 0.29) is 5.78 Å². The van der Waals surface area contributed by atoms with Crippen LogP contribution in [0.5, 0.6) is 0 Å². The van der Waals surface area contributed by atoms with Crippen LogP contribution in [0.4, 0.5) is 0 Å². The lowest BCUT2D eigenvalue weighted by atomic mass is 9.96. The Morgan fingerprint density at radius 1 is 1.22 bits per heavy atom. The van der Waals surface area contributed by atoms with Crippen LogP contribution in [0, 0.1) is 13.8 Å². The van der Waals surface area contributed by atoms with Gasteiger partial charge in [0.25, 0.3) is 0 Å². The van der Waals surface area contributed by atoms with E-state index in [1.165, 1.54) is 0 Å². The second-order valence-electron chi connectivity index (χ2n) is 4.34. The predicted molar refractivity (Wildman–Crippen MR) is 73.2 cm³/mol. The van der Waals surface area contributed by atoms with Gasteiger partial charge in [0.2, 0.25) is 0 Å². The first-order chi connectivity index (χ1) is 8.58. The number of Topliss-reactive ketones (excluding diaryl/α,β-unsaturated/α-hetero) is 1. The van der Waals surface area contributed by atoms with Gasteiger partial charge in [-0.25, -0.2) is 4.98 Å². The molecule has 0 atom stereocenters. The fraction of sp³-hybridized carbons (Fsp3) is 0.200. The van der Waals surface area contributed by atoms with Crippen LogP contribution in [-0.4, -0.2) is 10.8 Å². The lowest BCUT2D eigenvalue weighted by Gasteiger charge is -2.08. The van der Waals surface area contributed by atoms with Gasteiger partial charge in [0, 0.05) is 18.2 Å². The number of rotatable bonds is 3. The summed E-state index contributed by atoms with van der Waals surface area (Å²) in [6.45, 7) is 4.05. The normalized spacial score (nSPS) is 10.4. The van der Waals surface area contributed by atoms with Gasteiger partial charge < -0.3 is 0 Å². The number of benzene rings is 1. The second kappa shape index (κ2) is 5.32. The molecule has 1 heterocycles. The Balaban J connectivity index is 2.27. The van der Waals surface area contributed by atoms with Crippen LogP contribution in [0.2, 0.25) is 5.15 Å². The molecular weight excluding hydrogens is 246 g/mol. The molecule has 0 bridgehead atoms. The SMILES string of the molecule is Cc1cccc(C)c1CC(=O)c1ccnc(Cl)c1. The van der Waals surface area contributed by atoms with E-state index in [2.05, 4.69) is 4.98 Å². The zero-order chi connectivity index (χ0) is 13.1. The summed E-state index contributed by atoms with van der Waals surface area (Å²) in [5, 5.41) is 0.349. The molecule has 92 valence electrons. The summed E-state index contributed by atoms with van der Waals surface area (Å²) in [6, 6.07) is 9.35. The van der Waals surface area contributed by atoms with Crippen LogP contribution < -0.4 is 0 Å². The minimum Gasteiger partial charge on any atom is -0.294 e. The number of carbonyl (C=O) groups is 1. The highest BCUT2D eigenvalue weighted by Crippen LogP contribution is 2.17.